The molecule has 0 saturated carbocycles. The van der Waals surface area contributed by atoms with E-state index in [0.29, 0.717) is 28.8 Å². The van der Waals surface area contributed by atoms with Crippen molar-refractivity contribution in [2.45, 2.75) is 6.42 Å². The summed E-state index contributed by atoms with van der Waals surface area (Å²) in [6.45, 7) is 1.17. The predicted molar refractivity (Wildman–Crippen MR) is 122 cm³/mol. The molecular formula is C22H20Cl2N4O2. The largest absolute Gasteiger partial charge is 0.496 e. The molecule has 30 heavy (non-hydrogen) atoms. The number of hydrogen-bond donors (Lipinski definition) is 3. The van der Waals surface area contributed by atoms with Crippen molar-refractivity contribution in [2.24, 2.45) is 0 Å². The maximum atomic E-state index is 12.4. The summed E-state index contributed by atoms with van der Waals surface area (Å²) in [4.78, 5) is 20.1. The molecule has 154 valence electrons. The maximum absolute atomic E-state index is 12.4. The number of carbonyl (C=O) groups is 1. The minimum absolute atomic E-state index is 0.191. The van der Waals surface area contributed by atoms with Gasteiger partial charge in [-0.05, 0) is 36.8 Å². The Morgan fingerprint density at radius 3 is 2.77 bits per heavy atom. The van der Waals surface area contributed by atoms with Gasteiger partial charge < -0.3 is 20.4 Å². The molecule has 8 heteroatoms. The first-order chi connectivity index (χ1) is 14.5. The second-order valence-corrected chi connectivity index (χ2v) is 7.64. The lowest BCUT2D eigenvalue weighted by Crippen LogP contribution is -2.26. The van der Waals surface area contributed by atoms with Gasteiger partial charge in [0.15, 0.2) is 0 Å². The van der Waals surface area contributed by atoms with Crippen LogP contribution in [-0.4, -0.2) is 36.1 Å². The van der Waals surface area contributed by atoms with E-state index in [4.69, 9.17) is 27.9 Å². The molecule has 2 heterocycles. The number of pyridine rings is 1. The summed E-state index contributed by atoms with van der Waals surface area (Å²) in [5.41, 5.74) is 2.05. The van der Waals surface area contributed by atoms with Gasteiger partial charge in [0.05, 0.1) is 17.6 Å². The van der Waals surface area contributed by atoms with Crippen LogP contribution in [0.1, 0.15) is 16.9 Å². The lowest BCUT2D eigenvalue weighted by molar-refractivity contribution is 0.0949. The van der Waals surface area contributed by atoms with E-state index in [-0.39, 0.29) is 5.91 Å². The zero-order valence-electron chi connectivity index (χ0n) is 16.3. The van der Waals surface area contributed by atoms with Crippen molar-refractivity contribution >= 4 is 56.7 Å². The molecule has 1 amide bonds. The van der Waals surface area contributed by atoms with Gasteiger partial charge in [0.25, 0.3) is 5.91 Å². The number of amides is 1. The lowest BCUT2D eigenvalue weighted by Gasteiger charge is -2.10. The molecule has 0 saturated heterocycles. The van der Waals surface area contributed by atoms with Crippen LogP contribution >= 0.6 is 23.2 Å². The molecule has 0 spiro atoms. The van der Waals surface area contributed by atoms with E-state index in [2.05, 4.69) is 20.6 Å². The number of rotatable bonds is 7. The zero-order chi connectivity index (χ0) is 21.1. The zero-order valence-corrected chi connectivity index (χ0v) is 17.8. The molecule has 0 aliphatic heterocycles. The minimum atomic E-state index is -0.191. The fourth-order valence-electron chi connectivity index (χ4n) is 3.29. The number of aromatic amines is 1. The van der Waals surface area contributed by atoms with E-state index >= 15 is 0 Å². The molecule has 0 bridgehead atoms. The molecule has 0 radical (unpaired) electrons. The highest BCUT2D eigenvalue weighted by Gasteiger charge is 2.12. The quantitative estimate of drug-likeness (QED) is 0.341. The Kier molecular flexibility index (Phi) is 5.97. The Bertz CT molecular complexity index is 1220. The van der Waals surface area contributed by atoms with Crippen LogP contribution in [0.25, 0.3) is 21.8 Å². The van der Waals surface area contributed by atoms with Gasteiger partial charge in [0, 0.05) is 40.5 Å². The average Bonchev–Trinajstić information content (AvgIpc) is 3.17. The number of fused-ring (bicyclic) bond motifs is 2. The van der Waals surface area contributed by atoms with Crippen molar-refractivity contribution in [2.75, 3.05) is 25.5 Å². The Hall–Kier alpha value is -2.96. The number of para-hydroxylation sites is 1. The number of H-pyrrole nitrogens is 1. The number of nitrogens with one attached hydrogen (secondary N) is 3. The fourth-order valence-corrected chi connectivity index (χ4v) is 3.84. The van der Waals surface area contributed by atoms with Gasteiger partial charge in [-0.1, -0.05) is 35.3 Å². The number of nitrogens with zero attached hydrogens (tertiary/aromatic N) is 1. The highest BCUT2D eigenvalue weighted by Crippen LogP contribution is 2.28. The Morgan fingerprint density at radius 1 is 1.10 bits per heavy atom. The van der Waals surface area contributed by atoms with Crippen molar-refractivity contribution in [3.05, 3.63) is 64.3 Å². The molecule has 4 aromatic rings. The third kappa shape index (κ3) is 4.30. The normalized spacial score (nSPS) is 11.0. The Morgan fingerprint density at radius 2 is 1.93 bits per heavy atom. The monoisotopic (exact) mass is 442 g/mol. The van der Waals surface area contributed by atoms with Gasteiger partial charge in [-0.3, -0.25) is 4.79 Å². The Labute approximate surface area is 183 Å². The maximum Gasteiger partial charge on any atom is 0.267 e. The Balaban J connectivity index is 1.32. The third-order valence-electron chi connectivity index (χ3n) is 4.74. The van der Waals surface area contributed by atoms with Gasteiger partial charge in [-0.2, -0.15) is 0 Å². The number of aromatic nitrogens is 2. The predicted octanol–water partition coefficient (Wildman–Crippen LogP) is 5.26. The summed E-state index contributed by atoms with van der Waals surface area (Å²) < 4.78 is 5.46. The molecule has 0 unspecified atom stereocenters. The first-order valence-electron chi connectivity index (χ1n) is 9.49. The minimum Gasteiger partial charge on any atom is -0.496 e. The van der Waals surface area contributed by atoms with Gasteiger partial charge in [-0.15, -0.1) is 0 Å². The van der Waals surface area contributed by atoms with Crippen molar-refractivity contribution in [3.8, 4) is 5.75 Å². The number of carbonyl (C=O) groups excluding carboxylic acids is 1. The van der Waals surface area contributed by atoms with Gasteiger partial charge in [0.1, 0.15) is 17.3 Å². The fraction of sp³-hybridized carbons (Fsp3) is 0.182. The molecule has 2 aromatic heterocycles. The van der Waals surface area contributed by atoms with Crippen molar-refractivity contribution in [1.82, 2.24) is 15.3 Å². The third-order valence-corrected chi connectivity index (χ3v) is 5.27. The van der Waals surface area contributed by atoms with Crippen LogP contribution in [0.15, 0.2) is 48.5 Å². The second-order valence-electron chi connectivity index (χ2n) is 6.79. The van der Waals surface area contributed by atoms with E-state index in [1.807, 2.05) is 30.3 Å². The number of ether oxygens (including phenoxy) is 1. The van der Waals surface area contributed by atoms with E-state index in [1.165, 1.54) is 0 Å². The highest BCUT2D eigenvalue weighted by molar-refractivity contribution is 6.38. The molecular weight excluding hydrogens is 423 g/mol. The average molecular weight is 443 g/mol. The lowest BCUT2D eigenvalue weighted by atomic mass is 10.2. The van der Waals surface area contributed by atoms with E-state index in [1.54, 1.807) is 25.3 Å². The molecule has 0 aliphatic rings. The first-order valence-corrected chi connectivity index (χ1v) is 10.2. The van der Waals surface area contributed by atoms with Crippen molar-refractivity contribution in [1.29, 1.82) is 0 Å². The molecule has 3 N–H and O–H groups in total. The number of benzene rings is 2. The molecule has 6 nitrogen and oxygen atoms in total. The van der Waals surface area contributed by atoms with Crippen molar-refractivity contribution in [3.63, 3.8) is 0 Å². The summed E-state index contributed by atoms with van der Waals surface area (Å²) in [7, 11) is 1.65. The van der Waals surface area contributed by atoms with Gasteiger partial charge in [-0.25, -0.2) is 4.98 Å². The number of methoxy groups -OCH3 is 1. The summed E-state index contributed by atoms with van der Waals surface area (Å²) in [6.07, 6.45) is 0.732. The summed E-state index contributed by atoms with van der Waals surface area (Å²) in [6, 6.07) is 14.8. The molecule has 0 atom stereocenters. The van der Waals surface area contributed by atoms with Gasteiger partial charge in [0.2, 0.25) is 0 Å². The van der Waals surface area contributed by atoms with E-state index in [9.17, 15) is 4.79 Å². The van der Waals surface area contributed by atoms with Crippen LogP contribution in [0.4, 0.5) is 5.82 Å². The van der Waals surface area contributed by atoms with Crippen LogP contribution in [0.3, 0.4) is 0 Å². The SMILES string of the molecule is COc1cc(NCCCNC(=O)c2cc3c(Cl)cc(Cl)cc3[nH]2)nc2ccccc12. The first kappa shape index (κ1) is 20.3. The number of anilines is 1. The number of halogens is 2. The van der Waals surface area contributed by atoms with Gasteiger partial charge >= 0.3 is 0 Å². The van der Waals surface area contributed by atoms with Crippen LogP contribution in [-0.2, 0) is 0 Å². The van der Waals surface area contributed by atoms with E-state index < -0.39 is 0 Å². The molecule has 0 aliphatic carbocycles. The van der Waals surface area contributed by atoms with Crippen LogP contribution in [0.2, 0.25) is 10.0 Å². The topological polar surface area (TPSA) is 79.0 Å². The summed E-state index contributed by atoms with van der Waals surface area (Å²) in [5, 5.41) is 8.95. The highest BCUT2D eigenvalue weighted by atomic mass is 35.5. The molecule has 4 rings (SSSR count). The van der Waals surface area contributed by atoms with Crippen molar-refractivity contribution < 1.29 is 9.53 Å². The smallest absolute Gasteiger partial charge is 0.267 e. The molecule has 2 aromatic carbocycles. The van der Waals surface area contributed by atoms with E-state index in [0.717, 1.165) is 39.8 Å². The van der Waals surface area contributed by atoms with Crippen LogP contribution < -0.4 is 15.4 Å². The van der Waals surface area contributed by atoms with Crippen LogP contribution in [0.5, 0.6) is 5.75 Å². The number of hydrogen-bond acceptors (Lipinski definition) is 4. The standard InChI is InChI=1S/C22H20Cl2N4O2/c1-30-20-12-21(28-17-6-3-2-5-14(17)20)25-7-4-8-26-22(29)19-11-15-16(24)9-13(23)10-18(15)27-19/h2-3,5-6,9-12,27H,4,7-8H2,1H3,(H,25,28)(H,26,29). The van der Waals surface area contributed by atoms with Crippen LogP contribution in [0, 0.1) is 0 Å². The molecule has 0 fully saturated rings. The summed E-state index contributed by atoms with van der Waals surface area (Å²) in [5.74, 6) is 1.32. The summed E-state index contributed by atoms with van der Waals surface area (Å²) >= 11 is 12.2. The second kappa shape index (κ2) is 8.81.